The molecule has 0 unspecified atom stereocenters. The van der Waals surface area contributed by atoms with Gasteiger partial charge in [0.15, 0.2) is 0 Å². The number of ether oxygens (including phenoxy) is 1. The summed E-state index contributed by atoms with van der Waals surface area (Å²) in [6, 6.07) is 23.0. The largest absolute Gasteiger partial charge is 0.497 e. The zero-order chi connectivity index (χ0) is 18.8. The highest BCUT2D eigenvalue weighted by Crippen LogP contribution is 2.46. The van der Waals surface area contributed by atoms with E-state index < -0.39 is 0 Å². The third-order valence-corrected chi connectivity index (χ3v) is 6.00. The molecule has 1 aliphatic rings. The van der Waals surface area contributed by atoms with Gasteiger partial charge in [-0.25, -0.2) is 0 Å². The van der Waals surface area contributed by atoms with Gasteiger partial charge in [-0.3, -0.25) is 0 Å². The third kappa shape index (κ3) is 3.84. The Morgan fingerprint density at radius 2 is 1.74 bits per heavy atom. The molecule has 0 amide bonds. The lowest BCUT2D eigenvalue weighted by Gasteiger charge is -2.15. The van der Waals surface area contributed by atoms with E-state index in [0.717, 1.165) is 18.7 Å². The molecule has 27 heavy (non-hydrogen) atoms. The molecule has 1 N–H and O–H groups in total. The molecule has 0 bridgehead atoms. The van der Waals surface area contributed by atoms with Gasteiger partial charge >= 0.3 is 0 Å². The van der Waals surface area contributed by atoms with Gasteiger partial charge in [0.1, 0.15) is 5.75 Å². The van der Waals surface area contributed by atoms with Crippen LogP contribution in [0.5, 0.6) is 5.75 Å². The molecule has 0 spiro atoms. The van der Waals surface area contributed by atoms with E-state index in [1.807, 2.05) is 24.3 Å². The average Bonchev–Trinajstić information content (AvgIpc) is 3.07. The van der Waals surface area contributed by atoms with E-state index in [1.165, 1.54) is 22.3 Å². The number of rotatable bonds is 5. The van der Waals surface area contributed by atoms with Crippen LogP contribution in [0.4, 0.5) is 0 Å². The zero-order valence-corrected chi connectivity index (χ0v) is 16.6. The Labute approximate surface area is 170 Å². The second-order valence-electron chi connectivity index (χ2n) is 6.88. The van der Waals surface area contributed by atoms with Crippen molar-refractivity contribution in [3.05, 3.63) is 99.0 Å². The predicted molar refractivity (Wildman–Crippen MR) is 112 cm³/mol. The molecule has 0 fully saturated rings. The second kappa shape index (κ2) is 7.93. The Kier molecular flexibility index (Phi) is 5.40. The number of fused-ring (bicyclic) bond motifs is 1. The van der Waals surface area contributed by atoms with Gasteiger partial charge in [0, 0.05) is 18.5 Å². The number of halogens is 2. The monoisotopic (exact) mass is 397 g/mol. The van der Waals surface area contributed by atoms with Crippen molar-refractivity contribution in [1.82, 2.24) is 5.32 Å². The first-order valence-corrected chi connectivity index (χ1v) is 9.81. The van der Waals surface area contributed by atoms with Gasteiger partial charge < -0.3 is 10.1 Å². The van der Waals surface area contributed by atoms with Gasteiger partial charge in [0.05, 0.1) is 17.2 Å². The fourth-order valence-electron chi connectivity index (χ4n) is 3.86. The van der Waals surface area contributed by atoms with E-state index in [2.05, 4.69) is 47.8 Å². The Morgan fingerprint density at radius 3 is 2.48 bits per heavy atom. The summed E-state index contributed by atoms with van der Waals surface area (Å²) in [5.74, 6) is 1.17. The summed E-state index contributed by atoms with van der Waals surface area (Å²) in [7, 11) is 1.71. The maximum absolute atomic E-state index is 6.28. The molecule has 0 aromatic heterocycles. The molecule has 2 atom stereocenters. The van der Waals surface area contributed by atoms with Crippen molar-refractivity contribution >= 4 is 23.2 Å². The minimum Gasteiger partial charge on any atom is -0.497 e. The lowest BCUT2D eigenvalue weighted by Crippen LogP contribution is -2.19. The van der Waals surface area contributed by atoms with E-state index in [4.69, 9.17) is 27.9 Å². The lowest BCUT2D eigenvalue weighted by atomic mass is 9.93. The zero-order valence-electron chi connectivity index (χ0n) is 15.1. The Morgan fingerprint density at radius 1 is 0.926 bits per heavy atom. The third-order valence-electron chi connectivity index (χ3n) is 5.26. The van der Waals surface area contributed by atoms with Crippen molar-refractivity contribution < 1.29 is 4.74 Å². The van der Waals surface area contributed by atoms with Crippen molar-refractivity contribution in [2.24, 2.45) is 0 Å². The van der Waals surface area contributed by atoms with Crippen molar-refractivity contribution in [2.75, 3.05) is 7.11 Å². The van der Waals surface area contributed by atoms with E-state index in [0.29, 0.717) is 10.0 Å². The second-order valence-corrected chi connectivity index (χ2v) is 7.69. The summed E-state index contributed by atoms with van der Waals surface area (Å²) < 4.78 is 5.46. The summed E-state index contributed by atoms with van der Waals surface area (Å²) >= 11 is 12.4. The normalized spacial score (nSPS) is 18.3. The van der Waals surface area contributed by atoms with Gasteiger partial charge in [-0.05, 0) is 52.9 Å². The van der Waals surface area contributed by atoms with Gasteiger partial charge in [0.25, 0.3) is 0 Å². The molecule has 2 nitrogen and oxygen atoms in total. The predicted octanol–water partition coefficient (Wildman–Crippen LogP) is 6.37. The molecule has 3 aromatic rings. The minimum atomic E-state index is 0.259. The van der Waals surface area contributed by atoms with Gasteiger partial charge in [-0.2, -0.15) is 0 Å². The highest BCUT2D eigenvalue weighted by molar-refractivity contribution is 6.42. The van der Waals surface area contributed by atoms with Crippen LogP contribution in [0.2, 0.25) is 10.0 Å². The van der Waals surface area contributed by atoms with Gasteiger partial charge in [-0.1, -0.05) is 65.7 Å². The molecule has 0 saturated heterocycles. The summed E-state index contributed by atoms with van der Waals surface area (Å²) in [5.41, 5.74) is 5.08. The van der Waals surface area contributed by atoms with E-state index in [-0.39, 0.29) is 12.0 Å². The first-order valence-electron chi connectivity index (χ1n) is 9.06. The van der Waals surface area contributed by atoms with E-state index in [9.17, 15) is 0 Å². The Balaban J connectivity index is 1.64. The van der Waals surface area contributed by atoms with Gasteiger partial charge in [0.2, 0.25) is 0 Å². The van der Waals surface area contributed by atoms with Crippen LogP contribution in [0.3, 0.4) is 0 Å². The fraction of sp³-hybridized carbons (Fsp3) is 0.217. The van der Waals surface area contributed by atoms with Gasteiger partial charge in [-0.15, -0.1) is 0 Å². The van der Waals surface area contributed by atoms with Crippen LogP contribution in [0.15, 0.2) is 66.7 Å². The minimum absolute atomic E-state index is 0.259. The summed E-state index contributed by atoms with van der Waals surface area (Å²) in [4.78, 5) is 0. The van der Waals surface area contributed by atoms with Crippen LogP contribution >= 0.6 is 23.2 Å². The van der Waals surface area contributed by atoms with Crippen LogP contribution in [0, 0.1) is 0 Å². The standard InChI is InChI=1S/C23H21Cl2NO/c1-27-17-8-9-18-19(16-7-10-21(24)22(25)11-16)13-23(20(18)12-17)26-14-15-5-3-2-4-6-15/h2-12,19,23,26H,13-14H2,1H3/t19-,23+/m0/s1. The highest BCUT2D eigenvalue weighted by Gasteiger charge is 2.32. The first kappa shape index (κ1) is 18.4. The van der Waals surface area contributed by atoms with Crippen molar-refractivity contribution in [2.45, 2.75) is 24.9 Å². The molecule has 4 heteroatoms. The maximum Gasteiger partial charge on any atom is 0.119 e. The molecule has 4 rings (SSSR count). The van der Waals surface area contributed by atoms with Crippen molar-refractivity contribution in [1.29, 1.82) is 0 Å². The number of benzene rings is 3. The van der Waals surface area contributed by atoms with Crippen LogP contribution in [0.25, 0.3) is 0 Å². The molecule has 1 aliphatic carbocycles. The summed E-state index contributed by atoms with van der Waals surface area (Å²) in [6.07, 6.45) is 0.979. The molecule has 0 saturated carbocycles. The quantitative estimate of drug-likeness (QED) is 0.539. The van der Waals surface area contributed by atoms with Crippen LogP contribution in [0.1, 0.15) is 40.6 Å². The summed E-state index contributed by atoms with van der Waals surface area (Å²) in [5, 5.41) is 4.91. The molecule has 0 aliphatic heterocycles. The molecule has 0 heterocycles. The SMILES string of the molecule is COc1ccc2c(c1)[C@H](NCc1ccccc1)C[C@H]2c1ccc(Cl)c(Cl)c1. The Bertz CT molecular complexity index is 942. The molecule has 138 valence electrons. The van der Waals surface area contributed by atoms with Crippen LogP contribution in [-0.4, -0.2) is 7.11 Å². The number of nitrogens with one attached hydrogen (secondary N) is 1. The van der Waals surface area contributed by atoms with Crippen molar-refractivity contribution in [3.63, 3.8) is 0 Å². The molecule has 3 aromatic carbocycles. The lowest BCUT2D eigenvalue weighted by molar-refractivity contribution is 0.413. The van der Waals surface area contributed by atoms with Crippen LogP contribution < -0.4 is 10.1 Å². The number of hydrogen-bond donors (Lipinski definition) is 1. The molecular formula is C23H21Cl2NO. The number of methoxy groups -OCH3 is 1. The molecule has 0 radical (unpaired) electrons. The molecular weight excluding hydrogens is 377 g/mol. The highest BCUT2D eigenvalue weighted by atomic mass is 35.5. The first-order chi connectivity index (χ1) is 13.2. The fourth-order valence-corrected chi connectivity index (χ4v) is 4.17. The topological polar surface area (TPSA) is 21.3 Å². The van der Waals surface area contributed by atoms with Crippen molar-refractivity contribution in [3.8, 4) is 5.75 Å². The van der Waals surface area contributed by atoms with E-state index >= 15 is 0 Å². The number of hydrogen-bond acceptors (Lipinski definition) is 2. The van der Waals surface area contributed by atoms with Crippen LogP contribution in [-0.2, 0) is 6.54 Å². The maximum atomic E-state index is 6.28. The average molecular weight is 398 g/mol. The Hall–Kier alpha value is -2.00. The van der Waals surface area contributed by atoms with E-state index in [1.54, 1.807) is 7.11 Å². The smallest absolute Gasteiger partial charge is 0.119 e. The summed E-state index contributed by atoms with van der Waals surface area (Å²) in [6.45, 7) is 0.830.